The Morgan fingerprint density at radius 3 is 1.51 bits per heavy atom. The van der Waals surface area contributed by atoms with Crippen LogP contribution in [0, 0.1) is 0 Å². The fourth-order valence-corrected chi connectivity index (χ4v) is 10.4. The molecule has 0 bridgehead atoms. The molecule has 63 heavy (non-hydrogen) atoms. The highest BCUT2D eigenvalue weighted by Gasteiger charge is 2.48. The number of hydrogen-bond donors (Lipinski definition) is 0. The monoisotopic (exact) mass is 802 g/mol. The molecular weight excluding hydrogens is 761 g/mol. The molecule has 11 aromatic rings. The molecule has 2 nitrogen and oxygen atoms in total. The number of rotatable bonds is 8. The standard InChI is InChI=1S/C61H42N2/c1-5-20-43(21-6-1)44-22-17-30-50(40-44)62(49-28-11-4-12-29-49)51-31-18-23-45(41-51)46-38-39-54-53-33-14-16-36-57(53)63(59(54)42-46)58-37-19-34-55-52-32-13-15-35-56(52)61(60(55)58,47-24-7-2-8-25-47)48-26-9-3-10-27-48/h1-42H. The lowest BCUT2D eigenvalue weighted by Gasteiger charge is -2.35. The molecule has 2 heteroatoms. The predicted octanol–water partition coefficient (Wildman–Crippen LogP) is 16.0. The zero-order chi connectivity index (χ0) is 41.7. The van der Waals surface area contributed by atoms with Gasteiger partial charge in [-0.15, -0.1) is 0 Å². The van der Waals surface area contributed by atoms with Gasteiger partial charge in [-0.3, -0.25) is 0 Å². The highest BCUT2D eigenvalue weighted by Crippen LogP contribution is 2.58. The second-order valence-electron chi connectivity index (χ2n) is 16.4. The van der Waals surface area contributed by atoms with Gasteiger partial charge >= 0.3 is 0 Å². The Morgan fingerprint density at radius 2 is 0.810 bits per heavy atom. The van der Waals surface area contributed by atoms with Crippen LogP contribution in [0.4, 0.5) is 17.1 Å². The van der Waals surface area contributed by atoms with E-state index in [4.69, 9.17) is 0 Å². The SMILES string of the molecule is c1ccc(-c2cccc(N(c3ccccc3)c3cccc(-c4ccc5c6ccccc6n(-c6cccc7c6C(c6ccccc6)(c6ccccc6)c6ccccc6-7)c5c4)c3)c2)cc1. The molecule has 0 amide bonds. The fourth-order valence-electron chi connectivity index (χ4n) is 10.4. The van der Waals surface area contributed by atoms with E-state index >= 15 is 0 Å². The van der Waals surface area contributed by atoms with Crippen LogP contribution in [0.5, 0.6) is 0 Å². The first-order valence-electron chi connectivity index (χ1n) is 21.8. The van der Waals surface area contributed by atoms with E-state index in [1.54, 1.807) is 0 Å². The molecule has 0 aliphatic heterocycles. The summed E-state index contributed by atoms with van der Waals surface area (Å²) in [4.78, 5) is 2.36. The summed E-state index contributed by atoms with van der Waals surface area (Å²) in [5.74, 6) is 0. The van der Waals surface area contributed by atoms with Crippen molar-refractivity contribution in [1.82, 2.24) is 4.57 Å². The van der Waals surface area contributed by atoms with Crippen LogP contribution in [-0.2, 0) is 5.41 Å². The zero-order valence-electron chi connectivity index (χ0n) is 34.6. The third-order valence-electron chi connectivity index (χ3n) is 13.0. The van der Waals surface area contributed by atoms with Crippen molar-refractivity contribution in [2.45, 2.75) is 5.41 Å². The first kappa shape index (κ1) is 36.6. The summed E-state index contributed by atoms with van der Waals surface area (Å²) in [6, 6.07) is 93.2. The van der Waals surface area contributed by atoms with Crippen LogP contribution in [-0.4, -0.2) is 4.57 Å². The minimum absolute atomic E-state index is 0.548. The van der Waals surface area contributed by atoms with Gasteiger partial charge in [-0.2, -0.15) is 0 Å². The van der Waals surface area contributed by atoms with Crippen LogP contribution in [0.2, 0.25) is 0 Å². The summed E-state index contributed by atoms with van der Waals surface area (Å²) in [6.45, 7) is 0. The van der Waals surface area contributed by atoms with Crippen LogP contribution >= 0.6 is 0 Å². The van der Waals surface area contributed by atoms with E-state index in [0.717, 1.165) is 28.2 Å². The quantitative estimate of drug-likeness (QED) is 0.149. The fraction of sp³-hybridized carbons (Fsp3) is 0.0164. The Morgan fingerprint density at radius 1 is 0.317 bits per heavy atom. The van der Waals surface area contributed by atoms with Crippen molar-refractivity contribution >= 4 is 38.9 Å². The van der Waals surface area contributed by atoms with Crippen LogP contribution in [0.25, 0.3) is 60.9 Å². The van der Waals surface area contributed by atoms with Gasteiger partial charge in [0.25, 0.3) is 0 Å². The molecule has 1 aliphatic carbocycles. The summed E-state index contributed by atoms with van der Waals surface area (Å²) in [5.41, 5.74) is 18.7. The molecule has 0 saturated heterocycles. The first-order valence-corrected chi connectivity index (χ1v) is 21.8. The molecule has 12 rings (SSSR count). The van der Waals surface area contributed by atoms with Crippen molar-refractivity contribution < 1.29 is 0 Å². The maximum absolute atomic E-state index is 2.54. The van der Waals surface area contributed by atoms with Gasteiger partial charge in [0.05, 0.1) is 22.1 Å². The highest BCUT2D eigenvalue weighted by molar-refractivity contribution is 6.11. The second-order valence-corrected chi connectivity index (χ2v) is 16.4. The Hall–Kier alpha value is -8.20. The van der Waals surface area contributed by atoms with Crippen molar-refractivity contribution in [3.63, 3.8) is 0 Å². The lowest BCUT2D eigenvalue weighted by atomic mass is 9.67. The molecule has 1 aliphatic rings. The molecule has 0 N–H and O–H groups in total. The smallest absolute Gasteiger partial charge is 0.0734 e. The molecule has 10 aromatic carbocycles. The molecule has 0 radical (unpaired) electrons. The Kier molecular flexibility index (Phi) is 8.76. The van der Waals surface area contributed by atoms with Crippen molar-refractivity contribution in [3.05, 3.63) is 277 Å². The second kappa shape index (κ2) is 15.1. The Balaban J connectivity index is 1.07. The van der Waals surface area contributed by atoms with Crippen LogP contribution in [0.15, 0.2) is 255 Å². The van der Waals surface area contributed by atoms with E-state index in [1.165, 1.54) is 72.0 Å². The highest BCUT2D eigenvalue weighted by atomic mass is 15.1. The number of aromatic nitrogens is 1. The van der Waals surface area contributed by atoms with E-state index in [9.17, 15) is 0 Å². The summed E-state index contributed by atoms with van der Waals surface area (Å²) in [7, 11) is 0. The molecule has 0 saturated carbocycles. The summed E-state index contributed by atoms with van der Waals surface area (Å²) in [6.07, 6.45) is 0. The molecule has 1 aromatic heterocycles. The maximum atomic E-state index is 2.54. The van der Waals surface area contributed by atoms with Gasteiger partial charge in [0.15, 0.2) is 0 Å². The molecule has 0 fully saturated rings. The topological polar surface area (TPSA) is 8.17 Å². The summed E-state index contributed by atoms with van der Waals surface area (Å²) in [5, 5.41) is 2.46. The van der Waals surface area contributed by atoms with Gasteiger partial charge in [-0.1, -0.05) is 200 Å². The molecular formula is C61H42N2. The Labute approximate surface area is 368 Å². The van der Waals surface area contributed by atoms with Crippen molar-refractivity contribution in [2.75, 3.05) is 4.90 Å². The van der Waals surface area contributed by atoms with Crippen LogP contribution in [0.3, 0.4) is 0 Å². The number of benzene rings is 10. The third-order valence-corrected chi connectivity index (χ3v) is 13.0. The normalized spacial score (nSPS) is 12.6. The lowest BCUT2D eigenvalue weighted by molar-refractivity contribution is 0.762. The largest absolute Gasteiger partial charge is 0.310 e. The molecule has 0 unspecified atom stereocenters. The van der Waals surface area contributed by atoms with Gasteiger partial charge in [0.1, 0.15) is 0 Å². The van der Waals surface area contributed by atoms with E-state index in [-0.39, 0.29) is 0 Å². The van der Waals surface area contributed by atoms with Gasteiger partial charge in [0, 0.05) is 33.4 Å². The first-order chi connectivity index (χ1) is 31.3. The molecule has 1 heterocycles. The van der Waals surface area contributed by atoms with E-state index in [1.807, 2.05) is 0 Å². The minimum atomic E-state index is -0.548. The minimum Gasteiger partial charge on any atom is -0.310 e. The number of anilines is 3. The average Bonchev–Trinajstić information content (AvgIpc) is 3.86. The maximum Gasteiger partial charge on any atom is 0.0734 e. The van der Waals surface area contributed by atoms with E-state index in [0.29, 0.717) is 0 Å². The molecule has 296 valence electrons. The number of fused-ring (bicyclic) bond motifs is 6. The third kappa shape index (κ3) is 5.87. The van der Waals surface area contributed by atoms with Gasteiger partial charge in [0.2, 0.25) is 0 Å². The van der Waals surface area contributed by atoms with E-state index < -0.39 is 5.41 Å². The van der Waals surface area contributed by atoms with Crippen LogP contribution < -0.4 is 4.90 Å². The van der Waals surface area contributed by atoms with E-state index in [2.05, 4.69) is 264 Å². The van der Waals surface area contributed by atoms with Crippen molar-refractivity contribution in [1.29, 1.82) is 0 Å². The predicted molar refractivity (Wildman–Crippen MR) is 264 cm³/mol. The average molecular weight is 803 g/mol. The lowest BCUT2D eigenvalue weighted by Crippen LogP contribution is -2.29. The van der Waals surface area contributed by atoms with Gasteiger partial charge < -0.3 is 9.47 Å². The summed E-state index contributed by atoms with van der Waals surface area (Å²) >= 11 is 0. The number of para-hydroxylation sites is 2. The molecule has 0 spiro atoms. The van der Waals surface area contributed by atoms with Crippen molar-refractivity contribution in [2.24, 2.45) is 0 Å². The number of hydrogen-bond acceptors (Lipinski definition) is 1. The summed E-state index contributed by atoms with van der Waals surface area (Å²) < 4.78 is 2.54. The number of nitrogens with zero attached hydrogens (tertiary/aromatic N) is 2. The van der Waals surface area contributed by atoms with Crippen LogP contribution in [0.1, 0.15) is 22.3 Å². The Bertz CT molecular complexity index is 3400. The molecule has 0 atom stereocenters. The van der Waals surface area contributed by atoms with Crippen molar-refractivity contribution in [3.8, 4) is 39.1 Å². The van der Waals surface area contributed by atoms with Gasteiger partial charge in [-0.25, -0.2) is 0 Å². The van der Waals surface area contributed by atoms with Gasteiger partial charge in [-0.05, 0) is 105 Å². The zero-order valence-corrected chi connectivity index (χ0v) is 34.6.